The molecule has 0 aliphatic carbocycles. The second-order valence-electron chi connectivity index (χ2n) is 3.46. The second kappa shape index (κ2) is 7.34. The third kappa shape index (κ3) is 4.71. The minimum absolute atomic E-state index is 0.111. The summed E-state index contributed by atoms with van der Waals surface area (Å²) >= 11 is 1.71. The molecule has 0 bridgehead atoms. The smallest absolute Gasteiger partial charge is 0.104 e. The molecule has 2 N–H and O–H groups in total. The lowest BCUT2D eigenvalue weighted by Gasteiger charge is -2.07. The largest absolute Gasteiger partial charge is 0.395 e. The molecule has 16 heavy (non-hydrogen) atoms. The molecule has 86 valence electrons. The highest BCUT2D eigenvalue weighted by Crippen LogP contribution is 2.17. The standard InChI is InChI=1S/C13H16O2S/c1-11(9-15)16-10-13-5-2-4-12(8-13)6-3-7-14/h2,4-5,8,11,14-15H,7,9-10H2,1H3. The summed E-state index contributed by atoms with van der Waals surface area (Å²) in [6, 6.07) is 7.94. The fourth-order valence-electron chi connectivity index (χ4n) is 1.17. The molecule has 2 nitrogen and oxygen atoms in total. The Labute approximate surface area is 101 Å². The molecular weight excluding hydrogens is 220 g/mol. The molecule has 3 heteroatoms. The van der Waals surface area contributed by atoms with Crippen LogP contribution in [0.3, 0.4) is 0 Å². The van der Waals surface area contributed by atoms with Crippen molar-refractivity contribution in [3.05, 3.63) is 35.4 Å². The van der Waals surface area contributed by atoms with E-state index in [1.807, 2.05) is 31.2 Å². The first-order chi connectivity index (χ1) is 7.76. The third-order valence-corrected chi connectivity index (χ3v) is 3.25. The van der Waals surface area contributed by atoms with Gasteiger partial charge in [-0.15, -0.1) is 0 Å². The molecule has 0 saturated carbocycles. The monoisotopic (exact) mass is 236 g/mol. The van der Waals surface area contributed by atoms with Gasteiger partial charge in [0.05, 0.1) is 6.61 Å². The summed E-state index contributed by atoms with van der Waals surface area (Å²) in [5.41, 5.74) is 2.11. The molecule has 1 aromatic rings. The minimum Gasteiger partial charge on any atom is -0.395 e. The lowest BCUT2D eigenvalue weighted by molar-refractivity contribution is 0.300. The predicted molar refractivity (Wildman–Crippen MR) is 68.2 cm³/mol. The molecule has 1 rings (SSSR count). The van der Waals surface area contributed by atoms with Gasteiger partial charge in [0.25, 0.3) is 0 Å². The highest BCUT2D eigenvalue weighted by molar-refractivity contribution is 7.99. The molecule has 1 atom stereocenters. The number of hydrogen-bond donors (Lipinski definition) is 2. The van der Waals surface area contributed by atoms with Crippen molar-refractivity contribution in [2.24, 2.45) is 0 Å². The molecule has 1 unspecified atom stereocenters. The van der Waals surface area contributed by atoms with Crippen molar-refractivity contribution < 1.29 is 10.2 Å². The van der Waals surface area contributed by atoms with Gasteiger partial charge in [0, 0.05) is 16.6 Å². The van der Waals surface area contributed by atoms with Gasteiger partial charge in [-0.05, 0) is 17.7 Å². The first-order valence-electron chi connectivity index (χ1n) is 5.17. The van der Waals surface area contributed by atoms with Crippen molar-refractivity contribution in [2.45, 2.75) is 17.9 Å². The van der Waals surface area contributed by atoms with E-state index in [1.54, 1.807) is 11.8 Å². The number of hydrogen-bond acceptors (Lipinski definition) is 3. The van der Waals surface area contributed by atoms with Crippen molar-refractivity contribution in [1.82, 2.24) is 0 Å². The first kappa shape index (κ1) is 13.1. The van der Waals surface area contributed by atoms with Crippen LogP contribution in [-0.2, 0) is 5.75 Å². The maximum Gasteiger partial charge on any atom is 0.104 e. The van der Waals surface area contributed by atoms with Crippen LogP contribution in [0.4, 0.5) is 0 Å². The van der Waals surface area contributed by atoms with Gasteiger partial charge < -0.3 is 10.2 Å². The van der Waals surface area contributed by atoms with E-state index in [1.165, 1.54) is 5.56 Å². The first-order valence-corrected chi connectivity index (χ1v) is 6.22. The summed E-state index contributed by atoms with van der Waals surface area (Å²) in [5.74, 6) is 6.38. The summed E-state index contributed by atoms with van der Waals surface area (Å²) in [5, 5.41) is 17.8. The molecule has 0 aromatic heterocycles. The lowest BCUT2D eigenvalue weighted by Crippen LogP contribution is -2.02. The van der Waals surface area contributed by atoms with E-state index in [0.29, 0.717) is 0 Å². The Balaban J connectivity index is 2.60. The summed E-state index contributed by atoms with van der Waals surface area (Å²) in [4.78, 5) is 0. The molecule has 1 aromatic carbocycles. The van der Waals surface area contributed by atoms with E-state index in [9.17, 15) is 0 Å². The van der Waals surface area contributed by atoms with Crippen LogP contribution in [0.1, 0.15) is 18.1 Å². The lowest BCUT2D eigenvalue weighted by atomic mass is 10.1. The molecule has 0 heterocycles. The zero-order valence-corrected chi connectivity index (χ0v) is 10.1. The quantitative estimate of drug-likeness (QED) is 0.781. The Hall–Kier alpha value is -0.950. The van der Waals surface area contributed by atoms with Crippen LogP contribution in [0.5, 0.6) is 0 Å². The number of aliphatic hydroxyl groups is 2. The topological polar surface area (TPSA) is 40.5 Å². The Morgan fingerprint density at radius 1 is 1.38 bits per heavy atom. The third-order valence-electron chi connectivity index (χ3n) is 2.03. The van der Waals surface area contributed by atoms with Crippen molar-refractivity contribution >= 4 is 11.8 Å². The predicted octanol–water partition coefficient (Wildman–Crippen LogP) is 1.64. The van der Waals surface area contributed by atoms with Gasteiger partial charge >= 0.3 is 0 Å². The average molecular weight is 236 g/mol. The van der Waals surface area contributed by atoms with Gasteiger partial charge in [0.15, 0.2) is 0 Å². The van der Waals surface area contributed by atoms with E-state index in [2.05, 4.69) is 11.8 Å². The Morgan fingerprint density at radius 3 is 2.88 bits per heavy atom. The van der Waals surface area contributed by atoms with Crippen LogP contribution in [0, 0.1) is 11.8 Å². The maximum absolute atomic E-state index is 8.91. The molecule has 0 fully saturated rings. The van der Waals surface area contributed by atoms with E-state index in [4.69, 9.17) is 10.2 Å². The molecular formula is C13H16O2S. The van der Waals surface area contributed by atoms with E-state index in [0.717, 1.165) is 11.3 Å². The fraction of sp³-hybridized carbons (Fsp3) is 0.385. The average Bonchev–Trinajstić information content (AvgIpc) is 2.34. The molecule has 0 aliphatic rings. The molecule has 0 saturated heterocycles. The Morgan fingerprint density at radius 2 is 2.19 bits per heavy atom. The van der Waals surface area contributed by atoms with E-state index < -0.39 is 0 Å². The summed E-state index contributed by atoms with van der Waals surface area (Å²) in [6.07, 6.45) is 0. The molecule has 0 aliphatic heterocycles. The summed E-state index contributed by atoms with van der Waals surface area (Å²) in [6.45, 7) is 2.09. The van der Waals surface area contributed by atoms with Crippen molar-refractivity contribution in [1.29, 1.82) is 0 Å². The van der Waals surface area contributed by atoms with Gasteiger partial charge in [-0.1, -0.05) is 30.9 Å². The van der Waals surface area contributed by atoms with Gasteiger partial charge in [0.1, 0.15) is 6.61 Å². The van der Waals surface area contributed by atoms with Crippen molar-refractivity contribution in [3.63, 3.8) is 0 Å². The van der Waals surface area contributed by atoms with Gasteiger partial charge in [0.2, 0.25) is 0 Å². The van der Waals surface area contributed by atoms with E-state index in [-0.39, 0.29) is 18.5 Å². The van der Waals surface area contributed by atoms with E-state index >= 15 is 0 Å². The van der Waals surface area contributed by atoms with Crippen LogP contribution >= 0.6 is 11.8 Å². The molecule has 0 amide bonds. The minimum atomic E-state index is -0.111. The van der Waals surface area contributed by atoms with Crippen LogP contribution in [0.2, 0.25) is 0 Å². The van der Waals surface area contributed by atoms with Gasteiger partial charge in [-0.3, -0.25) is 0 Å². The number of thioether (sulfide) groups is 1. The van der Waals surface area contributed by atoms with Gasteiger partial charge in [-0.2, -0.15) is 11.8 Å². The Kier molecular flexibility index (Phi) is 6.02. The van der Waals surface area contributed by atoms with Crippen molar-refractivity contribution in [2.75, 3.05) is 13.2 Å². The van der Waals surface area contributed by atoms with Gasteiger partial charge in [-0.25, -0.2) is 0 Å². The number of rotatable bonds is 4. The fourth-order valence-corrected chi connectivity index (χ4v) is 1.93. The molecule has 0 radical (unpaired) electrons. The summed E-state index contributed by atoms with van der Waals surface area (Å²) in [7, 11) is 0. The number of benzene rings is 1. The van der Waals surface area contributed by atoms with Crippen LogP contribution in [-0.4, -0.2) is 28.7 Å². The maximum atomic E-state index is 8.91. The zero-order chi connectivity index (χ0) is 11.8. The van der Waals surface area contributed by atoms with Crippen LogP contribution in [0.15, 0.2) is 24.3 Å². The zero-order valence-electron chi connectivity index (χ0n) is 9.31. The Bertz CT molecular complexity index is 379. The SMILES string of the molecule is CC(CO)SCc1cccc(C#CCO)c1. The van der Waals surface area contributed by atoms with Crippen LogP contribution in [0.25, 0.3) is 0 Å². The van der Waals surface area contributed by atoms with Crippen LogP contribution < -0.4 is 0 Å². The second-order valence-corrected chi connectivity index (χ2v) is 4.89. The highest BCUT2D eigenvalue weighted by Gasteiger charge is 2.01. The van der Waals surface area contributed by atoms with Crippen molar-refractivity contribution in [3.8, 4) is 11.8 Å². The summed E-state index contributed by atoms with van der Waals surface area (Å²) < 4.78 is 0. The normalized spacial score (nSPS) is 11.7. The number of aliphatic hydroxyl groups excluding tert-OH is 2. The molecule has 0 spiro atoms. The highest BCUT2D eigenvalue weighted by atomic mass is 32.2.